The van der Waals surface area contributed by atoms with E-state index in [1.54, 1.807) is 11.1 Å². The van der Waals surface area contributed by atoms with Gasteiger partial charge in [0, 0.05) is 0 Å². The molecule has 0 saturated heterocycles. The average Bonchev–Trinajstić information content (AvgIpc) is 4.35. The van der Waals surface area contributed by atoms with Crippen molar-refractivity contribution in [2.75, 3.05) is 0 Å². The van der Waals surface area contributed by atoms with Gasteiger partial charge < -0.3 is 24.8 Å². The summed E-state index contributed by atoms with van der Waals surface area (Å²) < 4.78 is 1.23. The Bertz CT molecular complexity index is 3260. The van der Waals surface area contributed by atoms with Gasteiger partial charge in [0.25, 0.3) is 0 Å². The van der Waals surface area contributed by atoms with Gasteiger partial charge in [-0.1, -0.05) is 163 Å². The topological polar surface area (TPSA) is 0 Å². The number of halogens is 4. The molecule has 0 unspecified atom stereocenters. The molecular weight excluding hydrogens is 1130 g/mol. The molecule has 0 amide bonds. The number of rotatable bonds is 8. The fourth-order valence-corrected chi connectivity index (χ4v) is 13.7. The van der Waals surface area contributed by atoms with Crippen molar-refractivity contribution in [3.8, 4) is 55.6 Å². The molecule has 0 spiro atoms. The van der Waals surface area contributed by atoms with Crippen molar-refractivity contribution in [3.63, 3.8) is 0 Å². The molecule has 5 heteroatoms. The Hall–Kier alpha value is -4.98. The Morgan fingerprint density at radius 3 is 1.36 bits per heavy atom. The first-order valence-electron chi connectivity index (χ1n) is 28.6. The maximum absolute atomic E-state index is 6.60. The van der Waals surface area contributed by atoms with Crippen LogP contribution in [0.2, 0.25) is 10.0 Å². The van der Waals surface area contributed by atoms with Crippen LogP contribution in [-0.2, 0) is 41.5 Å². The third kappa shape index (κ3) is 14.1. The van der Waals surface area contributed by atoms with Crippen LogP contribution in [0.15, 0.2) is 194 Å². The number of hydrogen-bond donors (Lipinski definition) is 0. The molecule has 0 heterocycles. The zero-order valence-corrected chi connectivity index (χ0v) is 52.9. The standard InChI is InChI=1S/C45H53.C25H16Cl2.C5H5.2ClH.Zr/c1-44(2,3)42-28-38-32(26-40(42)36-23-15-13-21-34(36)30-17-9-7-10-18-30)25-33-27-41(43(29-39(33)38)45(4,5)6)37-24-16-14-22-35(37)31-19-11-8-12-20-31;26-24-16-18(11-13-22(24)20-7-3-1-4-8-20)15-19-12-14-23(25(27)17-19)21-9-5-2-6-10-21;1-2-4-5-3-1;;;/h13-16,21-24,26,28-31H,7-12,17-20,25H2,1-6H3;1-14,16-17H;1-5H;2*1H;/q-1;;-1;;;+2/p-2. The summed E-state index contributed by atoms with van der Waals surface area (Å²) in [7, 11) is 0. The van der Waals surface area contributed by atoms with Crippen molar-refractivity contribution < 1.29 is 49.0 Å². The van der Waals surface area contributed by atoms with Gasteiger partial charge in [-0.15, -0.1) is 28.8 Å². The minimum Gasteiger partial charge on any atom is -1.00 e. The van der Waals surface area contributed by atoms with E-state index >= 15 is 0 Å². The van der Waals surface area contributed by atoms with Crippen molar-refractivity contribution in [2.45, 2.75) is 135 Å². The van der Waals surface area contributed by atoms with Crippen LogP contribution in [0, 0.1) is 6.07 Å². The van der Waals surface area contributed by atoms with E-state index in [4.69, 9.17) is 23.2 Å². The SMILES string of the molecule is CC(C)(C)c1cc2c([c-]c1-c1ccccc1C1CCCCC1)Cc1cc(-c3ccccc3C3CCCCC3)c(C(C)(C)C)cc1-2.Clc1cc([C](=[Zr+2])c2ccc(-c3ccccc3)c(Cl)c2)ccc1-c1ccccc1.[Cl-].[Cl-].c1cc[cH-]c1. The van der Waals surface area contributed by atoms with E-state index in [-0.39, 0.29) is 35.6 Å². The van der Waals surface area contributed by atoms with Gasteiger partial charge >= 0.3 is 191 Å². The van der Waals surface area contributed by atoms with Gasteiger partial charge in [-0.05, 0) is 82.6 Å². The average molecular weight is 1210 g/mol. The fourth-order valence-electron chi connectivity index (χ4n) is 12.4. The predicted octanol–water partition coefficient (Wildman–Crippen LogP) is 15.9. The molecule has 0 aliphatic heterocycles. The van der Waals surface area contributed by atoms with Crippen LogP contribution in [0.25, 0.3) is 55.6 Å². The predicted molar refractivity (Wildman–Crippen MR) is 332 cm³/mol. The zero-order chi connectivity index (χ0) is 54.4. The van der Waals surface area contributed by atoms with E-state index in [0.29, 0.717) is 11.8 Å². The second kappa shape index (κ2) is 27.4. The van der Waals surface area contributed by atoms with Crippen LogP contribution in [0.3, 0.4) is 0 Å². The summed E-state index contributed by atoms with van der Waals surface area (Å²) in [5.41, 5.74) is 24.1. The fraction of sp³-hybridized carbons (Fsp3) is 0.280. The normalized spacial score (nSPS) is 14.2. The molecule has 3 aliphatic rings. The van der Waals surface area contributed by atoms with Gasteiger partial charge in [0.05, 0.1) is 0 Å². The number of fused-ring (bicyclic) bond motifs is 3. The van der Waals surface area contributed by atoms with Crippen LogP contribution >= 0.6 is 23.2 Å². The Balaban J connectivity index is 0.000000205. The van der Waals surface area contributed by atoms with Crippen LogP contribution in [0.5, 0.6) is 0 Å². The monoisotopic (exact) mass is 1200 g/mol. The minimum absolute atomic E-state index is 0. The maximum atomic E-state index is 6.60. The summed E-state index contributed by atoms with van der Waals surface area (Å²) >= 11 is 14.5. The summed E-state index contributed by atoms with van der Waals surface area (Å²) in [4.78, 5) is 0. The number of hydrogen-bond acceptors (Lipinski definition) is 0. The van der Waals surface area contributed by atoms with E-state index in [9.17, 15) is 0 Å². The second-order valence-electron chi connectivity index (χ2n) is 24.0. The molecule has 0 aromatic heterocycles. The molecule has 0 N–H and O–H groups in total. The Labute approximate surface area is 516 Å². The molecule has 3 aliphatic carbocycles. The summed E-state index contributed by atoms with van der Waals surface area (Å²) in [5, 5.41) is 1.52. The molecule has 2 fully saturated rings. The van der Waals surface area contributed by atoms with Crippen LogP contribution in [0.4, 0.5) is 0 Å². The van der Waals surface area contributed by atoms with Crippen molar-refractivity contribution in [1.29, 1.82) is 0 Å². The first kappa shape index (κ1) is 61.1. The molecule has 80 heavy (non-hydrogen) atoms. The second-order valence-corrected chi connectivity index (χ2v) is 26.0. The first-order valence-corrected chi connectivity index (χ1v) is 30.6. The van der Waals surface area contributed by atoms with Gasteiger partial charge in [-0.25, -0.2) is 12.1 Å². The molecule has 9 aromatic rings. The van der Waals surface area contributed by atoms with Gasteiger partial charge in [0.2, 0.25) is 0 Å². The van der Waals surface area contributed by atoms with E-state index in [2.05, 4.69) is 163 Å². The summed E-state index contributed by atoms with van der Waals surface area (Å²) in [6.07, 6.45) is 14.5. The third-order valence-electron chi connectivity index (χ3n) is 16.5. The molecule has 0 bridgehead atoms. The molecule has 0 radical (unpaired) electrons. The van der Waals surface area contributed by atoms with E-state index in [1.807, 2.05) is 78.9 Å². The van der Waals surface area contributed by atoms with Crippen LogP contribution in [-0.4, -0.2) is 3.21 Å². The maximum Gasteiger partial charge on any atom is -0.172 e. The molecule has 2 saturated carbocycles. The van der Waals surface area contributed by atoms with Crippen molar-refractivity contribution in [2.24, 2.45) is 0 Å². The van der Waals surface area contributed by atoms with E-state index in [1.165, 1.54) is 147 Å². The largest absolute Gasteiger partial charge is 1.00 e. The van der Waals surface area contributed by atoms with Gasteiger partial charge in [-0.2, -0.15) is 18.2 Å². The Morgan fingerprint density at radius 1 is 0.450 bits per heavy atom. The minimum atomic E-state index is 0. The van der Waals surface area contributed by atoms with Gasteiger partial charge in [-0.3, -0.25) is 0 Å². The van der Waals surface area contributed by atoms with Gasteiger partial charge in [0.1, 0.15) is 0 Å². The Morgan fingerprint density at radius 2 is 0.900 bits per heavy atom. The summed E-state index contributed by atoms with van der Waals surface area (Å²) in [6.45, 7) is 14.4. The van der Waals surface area contributed by atoms with Crippen molar-refractivity contribution >= 4 is 26.4 Å². The molecule has 12 rings (SSSR count). The van der Waals surface area contributed by atoms with Crippen molar-refractivity contribution in [1.82, 2.24) is 0 Å². The van der Waals surface area contributed by atoms with Crippen LogP contribution < -0.4 is 24.8 Å². The molecule has 0 atom stereocenters. The summed E-state index contributed by atoms with van der Waals surface area (Å²) in [5.74, 6) is 1.35. The zero-order valence-electron chi connectivity index (χ0n) is 47.4. The van der Waals surface area contributed by atoms with E-state index < -0.39 is 0 Å². The van der Waals surface area contributed by atoms with Gasteiger partial charge in [0.15, 0.2) is 0 Å². The molecular formula is C75H74Cl4Zr-2. The Kier molecular flexibility index (Phi) is 20.9. The van der Waals surface area contributed by atoms with Crippen molar-refractivity contribution in [3.05, 3.63) is 255 Å². The first-order chi connectivity index (χ1) is 37.7. The van der Waals surface area contributed by atoms with Crippen LogP contribution in [0.1, 0.15) is 162 Å². The molecule has 9 aromatic carbocycles. The third-order valence-corrected chi connectivity index (χ3v) is 18.5. The summed E-state index contributed by atoms with van der Waals surface area (Å²) in [6, 6.07) is 73.5. The quantitative estimate of drug-likeness (QED) is 0.133. The molecule has 0 nitrogen and oxygen atoms in total. The molecule has 408 valence electrons. The number of benzene rings is 8. The smallest absolute Gasteiger partial charge is 0.172 e. The van der Waals surface area contributed by atoms with E-state index in [0.717, 1.165) is 49.8 Å².